The first kappa shape index (κ1) is 12.0. The maximum absolute atomic E-state index is 13.6. The first-order chi connectivity index (χ1) is 8.20. The molecule has 1 atom stereocenters. The lowest BCUT2D eigenvalue weighted by atomic mass is 10.1. The van der Waals surface area contributed by atoms with Crippen molar-refractivity contribution in [2.75, 3.05) is 19.6 Å². The molecule has 1 aromatic rings. The minimum absolute atomic E-state index is 0.150. The Morgan fingerprint density at radius 2 is 2.18 bits per heavy atom. The lowest BCUT2D eigenvalue weighted by Crippen LogP contribution is -2.40. The van der Waals surface area contributed by atoms with Crippen LogP contribution in [0, 0.1) is 5.82 Å². The molecule has 1 N–H and O–H groups in total. The van der Waals surface area contributed by atoms with Gasteiger partial charge in [-0.05, 0) is 32.0 Å². The number of carbonyl (C=O) groups excluding carboxylic acids is 1. The Hall–Kier alpha value is -1.42. The molecule has 2 rings (SSSR count). The lowest BCUT2D eigenvalue weighted by Gasteiger charge is -2.26. The molecule has 1 aliphatic heterocycles. The molecule has 0 saturated carbocycles. The van der Waals surface area contributed by atoms with Crippen molar-refractivity contribution in [3.63, 3.8) is 0 Å². The number of hydrogen-bond donors (Lipinski definition) is 1. The molecule has 0 spiro atoms. The van der Waals surface area contributed by atoms with Gasteiger partial charge in [0.1, 0.15) is 5.82 Å². The van der Waals surface area contributed by atoms with E-state index in [9.17, 15) is 9.18 Å². The van der Waals surface area contributed by atoms with Crippen molar-refractivity contribution in [3.8, 4) is 0 Å². The molecule has 1 amide bonds. The molecule has 17 heavy (non-hydrogen) atoms. The van der Waals surface area contributed by atoms with Gasteiger partial charge < -0.3 is 10.2 Å². The summed E-state index contributed by atoms with van der Waals surface area (Å²) in [4.78, 5) is 14.0. The second-order valence-electron chi connectivity index (χ2n) is 4.37. The number of amides is 1. The van der Waals surface area contributed by atoms with E-state index >= 15 is 0 Å². The van der Waals surface area contributed by atoms with Crippen LogP contribution in [-0.2, 0) is 0 Å². The number of benzene rings is 1. The van der Waals surface area contributed by atoms with E-state index in [1.54, 1.807) is 23.1 Å². The second-order valence-corrected chi connectivity index (χ2v) is 4.37. The highest BCUT2D eigenvalue weighted by molar-refractivity contribution is 5.94. The average molecular weight is 236 g/mol. The third-order valence-electron chi connectivity index (χ3n) is 3.17. The molecule has 1 fully saturated rings. The summed E-state index contributed by atoms with van der Waals surface area (Å²) in [7, 11) is 0. The molecular weight excluding hydrogens is 219 g/mol. The van der Waals surface area contributed by atoms with Crippen LogP contribution < -0.4 is 5.32 Å². The number of hydrogen-bond acceptors (Lipinski definition) is 2. The lowest BCUT2D eigenvalue weighted by molar-refractivity contribution is 0.0700. The molecule has 0 aliphatic carbocycles. The third kappa shape index (κ3) is 2.64. The van der Waals surface area contributed by atoms with Gasteiger partial charge in [0.15, 0.2) is 0 Å². The van der Waals surface area contributed by atoms with Crippen LogP contribution in [0.5, 0.6) is 0 Å². The zero-order chi connectivity index (χ0) is 12.3. The molecule has 92 valence electrons. The van der Waals surface area contributed by atoms with Crippen molar-refractivity contribution >= 4 is 5.91 Å². The largest absolute Gasteiger partial charge is 0.335 e. The Kier molecular flexibility index (Phi) is 3.74. The highest BCUT2D eigenvalue weighted by Crippen LogP contribution is 2.14. The van der Waals surface area contributed by atoms with Gasteiger partial charge in [0.05, 0.1) is 5.56 Å². The Balaban J connectivity index is 2.21. The summed E-state index contributed by atoms with van der Waals surface area (Å²) in [6.07, 6.45) is 0.903. The summed E-state index contributed by atoms with van der Waals surface area (Å²) in [6, 6.07) is 6.31. The highest BCUT2D eigenvalue weighted by Gasteiger charge is 2.24. The van der Waals surface area contributed by atoms with Crippen molar-refractivity contribution in [1.29, 1.82) is 0 Å². The Morgan fingerprint density at radius 3 is 2.94 bits per heavy atom. The SMILES string of the molecule is CC1CCNCCN1C(=O)c1ccccc1F. The summed E-state index contributed by atoms with van der Waals surface area (Å²) >= 11 is 0. The maximum Gasteiger partial charge on any atom is 0.257 e. The van der Waals surface area contributed by atoms with Gasteiger partial charge in [0.25, 0.3) is 5.91 Å². The van der Waals surface area contributed by atoms with Crippen molar-refractivity contribution in [3.05, 3.63) is 35.6 Å². The van der Waals surface area contributed by atoms with Gasteiger partial charge in [-0.1, -0.05) is 12.1 Å². The van der Waals surface area contributed by atoms with Gasteiger partial charge in [-0.2, -0.15) is 0 Å². The molecule has 3 nitrogen and oxygen atoms in total. The Morgan fingerprint density at radius 1 is 1.41 bits per heavy atom. The maximum atomic E-state index is 13.6. The third-order valence-corrected chi connectivity index (χ3v) is 3.17. The van der Waals surface area contributed by atoms with Crippen molar-refractivity contribution < 1.29 is 9.18 Å². The number of nitrogens with zero attached hydrogens (tertiary/aromatic N) is 1. The van der Waals surface area contributed by atoms with Crippen LogP contribution >= 0.6 is 0 Å². The zero-order valence-electron chi connectivity index (χ0n) is 9.95. The first-order valence-electron chi connectivity index (χ1n) is 5.96. The van der Waals surface area contributed by atoms with E-state index in [0.29, 0.717) is 6.54 Å². The van der Waals surface area contributed by atoms with Crippen LogP contribution in [0.3, 0.4) is 0 Å². The fraction of sp³-hybridized carbons (Fsp3) is 0.462. The highest BCUT2D eigenvalue weighted by atomic mass is 19.1. The number of halogens is 1. The molecular formula is C13H17FN2O. The quantitative estimate of drug-likeness (QED) is 0.804. The van der Waals surface area contributed by atoms with Crippen LogP contribution in [0.1, 0.15) is 23.7 Å². The Bertz CT molecular complexity index is 408. The first-order valence-corrected chi connectivity index (χ1v) is 5.96. The zero-order valence-corrected chi connectivity index (χ0v) is 9.95. The van der Waals surface area contributed by atoms with Crippen LogP contribution in [0.2, 0.25) is 0 Å². The molecule has 1 heterocycles. The summed E-state index contributed by atoms with van der Waals surface area (Å²) < 4.78 is 13.6. The van der Waals surface area contributed by atoms with Crippen LogP contribution in [0.15, 0.2) is 24.3 Å². The van der Waals surface area contributed by atoms with E-state index in [-0.39, 0.29) is 17.5 Å². The van der Waals surface area contributed by atoms with Crippen LogP contribution in [-0.4, -0.2) is 36.5 Å². The minimum atomic E-state index is -0.443. The van der Waals surface area contributed by atoms with E-state index in [4.69, 9.17) is 0 Å². The topological polar surface area (TPSA) is 32.3 Å². The molecule has 0 bridgehead atoms. The molecule has 1 aromatic carbocycles. The number of carbonyl (C=O) groups is 1. The van der Waals surface area contributed by atoms with Gasteiger partial charge in [-0.25, -0.2) is 4.39 Å². The van der Waals surface area contributed by atoms with E-state index < -0.39 is 5.82 Å². The molecule has 0 radical (unpaired) electrons. The van der Waals surface area contributed by atoms with E-state index in [0.717, 1.165) is 19.5 Å². The summed E-state index contributed by atoms with van der Waals surface area (Å²) in [5.41, 5.74) is 0.168. The van der Waals surface area contributed by atoms with Crippen LogP contribution in [0.4, 0.5) is 4.39 Å². The summed E-state index contributed by atoms with van der Waals surface area (Å²) in [6.45, 7) is 4.31. The Labute approximate surface area is 101 Å². The number of nitrogens with one attached hydrogen (secondary N) is 1. The summed E-state index contributed by atoms with van der Waals surface area (Å²) in [5, 5.41) is 3.24. The predicted molar refractivity (Wildman–Crippen MR) is 64.4 cm³/mol. The monoisotopic (exact) mass is 236 g/mol. The molecule has 1 saturated heterocycles. The van der Waals surface area contributed by atoms with Crippen molar-refractivity contribution in [2.45, 2.75) is 19.4 Å². The summed E-state index contributed by atoms with van der Waals surface area (Å²) in [5.74, 6) is -0.652. The van der Waals surface area contributed by atoms with Gasteiger partial charge >= 0.3 is 0 Å². The van der Waals surface area contributed by atoms with Crippen LogP contribution in [0.25, 0.3) is 0 Å². The average Bonchev–Trinajstić information content (AvgIpc) is 2.54. The van der Waals surface area contributed by atoms with E-state index in [2.05, 4.69) is 5.32 Å². The molecule has 0 aromatic heterocycles. The molecule has 1 unspecified atom stereocenters. The standard InChI is InChI=1S/C13H17FN2O/c1-10-6-7-15-8-9-16(10)13(17)11-4-2-3-5-12(11)14/h2-5,10,15H,6-9H2,1H3. The fourth-order valence-corrected chi connectivity index (χ4v) is 2.10. The smallest absolute Gasteiger partial charge is 0.257 e. The fourth-order valence-electron chi connectivity index (χ4n) is 2.10. The van der Waals surface area contributed by atoms with Gasteiger partial charge in [-0.15, -0.1) is 0 Å². The van der Waals surface area contributed by atoms with E-state index in [1.807, 2.05) is 6.92 Å². The van der Waals surface area contributed by atoms with Crippen molar-refractivity contribution in [2.24, 2.45) is 0 Å². The van der Waals surface area contributed by atoms with E-state index in [1.165, 1.54) is 6.07 Å². The second kappa shape index (κ2) is 5.27. The number of rotatable bonds is 1. The van der Waals surface area contributed by atoms with Gasteiger partial charge in [0, 0.05) is 19.1 Å². The normalized spacial score (nSPS) is 21.1. The van der Waals surface area contributed by atoms with Crippen molar-refractivity contribution in [1.82, 2.24) is 10.2 Å². The van der Waals surface area contributed by atoms with Gasteiger partial charge in [0.2, 0.25) is 0 Å². The predicted octanol–water partition coefficient (Wildman–Crippen LogP) is 1.65. The molecule has 4 heteroatoms. The minimum Gasteiger partial charge on any atom is -0.335 e. The molecule has 1 aliphatic rings. The van der Waals surface area contributed by atoms with Gasteiger partial charge in [-0.3, -0.25) is 4.79 Å².